The molecular weight excluding hydrogens is 535 g/mol. The van der Waals surface area contributed by atoms with E-state index in [-0.39, 0.29) is 28.5 Å². The summed E-state index contributed by atoms with van der Waals surface area (Å²) in [5.41, 5.74) is 0.880. The van der Waals surface area contributed by atoms with E-state index in [0.717, 1.165) is 9.54 Å². The summed E-state index contributed by atoms with van der Waals surface area (Å²) >= 11 is 0. The second-order valence-electron chi connectivity index (χ2n) is 12.4. The number of hydrogen-bond donors (Lipinski definition) is 0. The fourth-order valence-electron chi connectivity index (χ4n) is 3.81. The maximum Gasteiger partial charge on any atom is 0.410 e. The topological polar surface area (TPSA) is 77.8 Å². The fourth-order valence-corrected chi connectivity index (χ4v) is 6.19. The summed E-state index contributed by atoms with van der Waals surface area (Å²) < 4.78 is 54.7. The lowest BCUT2D eigenvalue weighted by Crippen LogP contribution is -2.44. The predicted molar refractivity (Wildman–Crippen MR) is 155 cm³/mol. The summed E-state index contributed by atoms with van der Waals surface area (Å²) in [5.74, 6) is -0.599. The smallest absolute Gasteiger partial charge is 0.410 e. The van der Waals surface area contributed by atoms with Crippen molar-refractivity contribution in [3.8, 4) is 0 Å². The molecule has 3 aromatic rings. The zero-order valence-corrected chi connectivity index (χ0v) is 26.3. The van der Waals surface area contributed by atoms with Gasteiger partial charge in [0.25, 0.3) is 10.0 Å². The number of amides is 1. The van der Waals surface area contributed by atoms with Crippen LogP contribution in [0.1, 0.15) is 52.7 Å². The van der Waals surface area contributed by atoms with E-state index in [0.29, 0.717) is 17.6 Å². The molecule has 1 amide bonds. The Kier molecular flexibility index (Phi) is 8.74. The average Bonchev–Trinajstić information content (AvgIpc) is 3.21. The first kappa shape index (κ1) is 30.8. The largest absolute Gasteiger partial charge is 0.444 e. The zero-order valence-electron chi connectivity index (χ0n) is 24.5. The minimum Gasteiger partial charge on any atom is -0.444 e. The minimum absolute atomic E-state index is 0.00429. The third kappa shape index (κ3) is 7.29. The van der Waals surface area contributed by atoms with Crippen molar-refractivity contribution in [3.05, 3.63) is 65.6 Å². The molecule has 3 rings (SSSR count). The lowest BCUT2D eigenvalue weighted by atomic mass is 10.1. The lowest BCUT2D eigenvalue weighted by Gasteiger charge is -2.37. The van der Waals surface area contributed by atoms with E-state index in [1.165, 1.54) is 35.4 Å². The maximum absolute atomic E-state index is 14.9. The highest BCUT2D eigenvalue weighted by Gasteiger charge is 2.37. The number of aryl methyl sites for hydroxylation is 1. The highest BCUT2D eigenvalue weighted by atomic mass is 32.2. The first-order chi connectivity index (χ1) is 17.8. The third-order valence-corrected chi connectivity index (χ3v) is 13.3. The van der Waals surface area contributed by atoms with Crippen LogP contribution in [0.25, 0.3) is 10.9 Å². The van der Waals surface area contributed by atoms with Gasteiger partial charge in [-0.05, 0) is 81.7 Å². The van der Waals surface area contributed by atoms with Crippen molar-refractivity contribution in [2.75, 3.05) is 13.2 Å². The van der Waals surface area contributed by atoms with Crippen LogP contribution in [0.4, 0.5) is 9.18 Å². The van der Waals surface area contributed by atoms with Crippen LogP contribution >= 0.6 is 0 Å². The van der Waals surface area contributed by atoms with Crippen molar-refractivity contribution in [2.45, 2.75) is 83.6 Å². The fraction of sp³-hybridized carbons (Fsp3) is 0.483. The van der Waals surface area contributed by atoms with Gasteiger partial charge in [-0.3, -0.25) is 0 Å². The van der Waals surface area contributed by atoms with Gasteiger partial charge in [-0.15, -0.1) is 0 Å². The summed E-state index contributed by atoms with van der Waals surface area (Å²) in [6, 6.07) is 10.7. The number of halogens is 1. The molecule has 0 saturated carbocycles. The second kappa shape index (κ2) is 11.1. The zero-order chi connectivity index (χ0) is 29.4. The number of aromatic nitrogens is 1. The van der Waals surface area contributed by atoms with Crippen LogP contribution in [-0.2, 0) is 25.7 Å². The molecule has 0 aliphatic heterocycles. The number of fused-ring (bicyclic) bond motifs is 1. The number of carbonyl (C=O) groups excluding carboxylic acids is 1. The van der Waals surface area contributed by atoms with Crippen LogP contribution in [0.3, 0.4) is 0 Å². The standard InChI is InChI=1S/C29H41FN2O5SSi/c1-21-10-12-24(13-11-21)38(34,35)32-15-14-25-22(18-23(30)19-26(25)32)20-31(27(33)37-28(2,3)4)16-17-36-39(8,9)29(5,6)7/h10-15,18-19H,16-17,20H2,1-9H3. The predicted octanol–water partition coefficient (Wildman–Crippen LogP) is 7.08. The summed E-state index contributed by atoms with van der Waals surface area (Å²) in [6.45, 7) is 18.5. The van der Waals surface area contributed by atoms with E-state index in [1.54, 1.807) is 39.0 Å². The summed E-state index contributed by atoms with van der Waals surface area (Å²) in [4.78, 5) is 14.8. The molecule has 39 heavy (non-hydrogen) atoms. The van der Waals surface area contributed by atoms with Gasteiger partial charge in [-0.25, -0.2) is 21.6 Å². The Balaban J connectivity index is 1.97. The quantitative estimate of drug-likeness (QED) is 0.268. The molecular formula is C29H41FN2O5SSi. The Labute approximate surface area is 233 Å². The van der Waals surface area contributed by atoms with Crippen LogP contribution in [-0.4, -0.2) is 50.5 Å². The van der Waals surface area contributed by atoms with Crippen LogP contribution in [0.2, 0.25) is 18.1 Å². The van der Waals surface area contributed by atoms with Gasteiger partial charge in [0.1, 0.15) is 11.4 Å². The van der Waals surface area contributed by atoms with Crippen molar-refractivity contribution in [3.63, 3.8) is 0 Å². The average molecular weight is 577 g/mol. The van der Waals surface area contributed by atoms with Gasteiger partial charge in [0.2, 0.25) is 0 Å². The van der Waals surface area contributed by atoms with Gasteiger partial charge >= 0.3 is 6.09 Å². The van der Waals surface area contributed by atoms with Crippen LogP contribution in [0.5, 0.6) is 0 Å². The molecule has 10 heteroatoms. The summed E-state index contributed by atoms with van der Waals surface area (Å²) in [7, 11) is -6.02. The van der Waals surface area contributed by atoms with Crippen LogP contribution in [0.15, 0.2) is 53.6 Å². The monoisotopic (exact) mass is 576 g/mol. The molecule has 0 bridgehead atoms. The SMILES string of the molecule is Cc1ccc(S(=O)(=O)n2ccc3c(CN(CCO[Si](C)(C)C(C)(C)C)C(=O)OC(C)(C)C)cc(F)cc32)cc1. The van der Waals surface area contributed by atoms with Gasteiger partial charge in [-0.1, -0.05) is 38.5 Å². The van der Waals surface area contributed by atoms with Crippen molar-refractivity contribution < 1.29 is 26.8 Å². The molecule has 7 nitrogen and oxygen atoms in total. The molecule has 0 atom stereocenters. The number of hydrogen-bond acceptors (Lipinski definition) is 5. The first-order valence-corrected chi connectivity index (χ1v) is 17.4. The molecule has 2 aromatic carbocycles. The number of ether oxygens (including phenoxy) is 1. The number of rotatable bonds is 8. The van der Waals surface area contributed by atoms with Crippen LogP contribution < -0.4 is 0 Å². The molecule has 0 saturated heterocycles. The summed E-state index contributed by atoms with van der Waals surface area (Å²) in [6.07, 6.45) is 0.867. The third-order valence-electron chi connectivity index (χ3n) is 7.04. The molecule has 0 aliphatic carbocycles. The molecule has 0 N–H and O–H groups in total. The van der Waals surface area contributed by atoms with E-state index >= 15 is 0 Å². The van der Waals surface area contributed by atoms with Gasteiger partial charge < -0.3 is 14.1 Å². The maximum atomic E-state index is 14.9. The second-order valence-corrected chi connectivity index (χ2v) is 19.1. The number of carbonyl (C=O) groups is 1. The van der Waals surface area contributed by atoms with Crippen molar-refractivity contribution in [2.24, 2.45) is 0 Å². The van der Waals surface area contributed by atoms with Gasteiger partial charge in [0, 0.05) is 24.7 Å². The van der Waals surface area contributed by atoms with Gasteiger partial charge in [-0.2, -0.15) is 0 Å². The van der Waals surface area contributed by atoms with Crippen LogP contribution in [0, 0.1) is 12.7 Å². The molecule has 1 heterocycles. The Morgan fingerprint density at radius 3 is 2.21 bits per heavy atom. The molecule has 1 aromatic heterocycles. The molecule has 0 aliphatic rings. The Morgan fingerprint density at radius 1 is 1.03 bits per heavy atom. The van der Waals surface area contributed by atoms with E-state index in [9.17, 15) is 17.6 Å². The molecule has 214 valence electrons. The van der Waals surface area contributed by atoms with Gasteiger partial charge in [0.15, 0.2) is 8.32 Å². The van der Waals surface area contributed by atoms with Crippen molar-refractivity contribution >= 4 is 35.3 Å². The first-order valence-electron chi connectivity index (χ1n) is 13.1. The Morgan fingerprint density at radius 2 is 1.64 bits per heavy atom. The highest BCUT2D eigenvalue weighted by Crippen LogP contribution is 2.36. The molecule has 0 radical (unpaired) electrons. The Hall–Kier alpha value is -2.69. The van der Waals surface area contributed by atoms with Crippen molar-refractivity contribution in [1.82, 2.24) is 8.87 Å². The number of benzene rings is 2. The van der Waals surface area contributed by atoms with E-state index in [1.807, 2.05) is 6.92 Å². The highest BCUT2D eigenvalue weighted by molar-refractivity contribution is 7.90. The number of nitrogens with zero attached hydrogens (tertiary/aromatic N) is 2. The summed E-state index contributed by atoms with van der Waals surface area (Å²) in [5, 5.41) is 0.538. The molecule has 0 fully saturated rings. The normalized spacial score (nSPS) is 13.1. The molecule has 0 spiro atoms. The van der Waals surface area contributed by atoms with E-state index < -0.39 is 35.9 Å². The minimum atomic E-state index is -3.96. The van der Waals surface area contributed by atoms with E-state index in [2.05, 4.69) is 33.9 Å². The van der Waals surface area contributed by atoms with E-state index in [4.69, 9.17) is 9.16 Å². The molecule has 0 unspecified atom stereocenters. The lowest BCUT2D eigenvalue weighted by molar-refractivity contribution is 0.0206. The van der Waals surface area contributed by atoms with Crippen molar-refractivity contribution in [1.29, 1.82) is 0 Å². The Bertz CT molecular complexity index is 1440. The van der Waals surface area contributed by atoms with Gasteiger partial charge in [0.05, 0.1) is 17.0 Å².